The quantitative estimate of drug-likeness (QED) is 0.759. The van der Waals surface area contributed by atoms with Gasteiger partial charge in [-0.15, -0.1) is 0 Å². The van der Waals surface area contributed by atoms with E-state index in [1.54, 1.807) is 14.2 Å². The van der Waals surface area contributed by atoms with E-state index < -0.39 is 0 Å². The van der Waals surface area contributed by atoms with Crippen LogP contribution < -0.4 is 14.8 Å². The average Bonchev–Trinajstić information content (AvgIpc) is 2.53. The molecule has 0 radical (unpaired) electrons. The summed E-state index contributed by atoms with van der Waals surface area (Å²) in [6.45, 7) is 5.42. The summed E-state index contributed by atoms with van der Waals surface area (Å²) in [7, 11) is 7.58. The van der Waals surface area contributed by atoms with Gasteiger partial charge < -0.3 is 19.7 Å². The lowest BCUT2D eigenvalue weighted by atomic mass is 10.0. The molecule has 0 spiro atoms. The third kappa shape index (κ3) is 4.61. The highest BCUT2D eigenvalue weighted by atomic mass is 16.5. The third-order valence-electron chi connectivity index (χ3n) is 4.20. The molecule has 0 saturated heterocycles. The van der Waals surface area contributed by atoms with Crippen LogP contribution in [0.1, 0.15) is 38.3 Å². The van der Waals surface area contributed by atoms with Crippen molar-refractivity contribution >= 4 is 0 Å². The molecular weight excluding hydrogens is 264 g/mol. The van der Waals surface area contributed by atoms with Gasteiger partial charge in [0.05, 0.1) is 14.2 Å². The molecule has 0 aliphatic heterocycles. The molecule has 0 saturated carbocycles. The molecule has 0 aliphatic rings. The lowest BCUT2D eigenvalue weighted by molar-refractivity contribution is 0.207. The maximum Gasteiger partial charge on any atom is 0.123 e. The number of rotatable bonds is 9. The zero-order chi connectivity index (χ0) is 15.8. The summed E-state index contributed by atoms with van der Waals surface area (Å²) in [5, 5.41) is 3.40. The van der Waals surface area contributed by atoms with Gasteiger partial charge in [-0.1, -0.05) is 13.8 Å². The predicted molar refractivity (Wildman–Crippen MR) is 88.3 cm³/mol. The molecule has 4 heteroatoms. The molecule has 4 nitrogen and oxygen atoms in total. The van der Waals surface area contributed by atoms with E-state index in [-0.39, 0.29) is 6.04 Å². The van der Waals surface area contributed by atoms with Gasteiger partial charge in [0.25, 0.3) is 0 Å². The smallest absolute Gasteiger partial charge is 0.123 e. The molecule has 1 atom stereocenters. The fourth-order valence-electron chi connectivity index (χ4n) is 2.81. The Hall–Kier alpha value is -1.26. The summed E-state index contributed by atoms with van der Waals surface area (Å²) >= 11 is 0. The maximum atomic E-state index is 5.51. The first-order valence-electron chi connectivity index (χ1n) is 7.70. The van der Waals surface area contributed by atoms with Crippen LogP contribution in [-0.2, 0) is 0 Å². The number of benzene rings is 1. The van der Waals surface area contributed by atoms with E-state index in [1.165, 1.54) is 12.8 Å². The monoisotopic (exact) mass is 294 g/mol. The molecule has 120 valence electrons. The Morgan fingerprint density at radius 2 is 1.81 bits per heavy atom. The molecule has 1 rings (SSSR count). The van der Waals surface area contributed by atoms with Gasteiger partial charge in [0.1, 0.15) is 11.5 Å². The Morgan fingerprint density at radius 1 is 1.14 bits per heavy atom. The molecule has 0 aliphatic carbocycles. The maximum absolute atomic E-state index is 5.51. The van der Waals surface area contributed by atoms with E-state index in [9.17, 15) is 0 Å². The van der Waals surface area contributed by atoms with Crippen LogP contribution >= 0.6 is 0 Å². The average molecular weight is 294 g/mol. The Bertz CT molecular complexity index is 419. The van der Waals surface area contributed by atoms with E-state index in [4.69, 9.17) is 9.47 Å². The summed E-state index contributed by atoms with van der Waals surface area (Å²) in [6, 6.07) is 6.77. The lowest BCUT2D eigenvalue weighted by Gasteiger charge is -2.31. The van der Waals surface area contributed by atoms with Crippen LogP contribution in [0.25, 0.3) is 0 Å². The van der Waals surface area contributed by atoms with Crippen LogP contribution in [0, 0.1) is 0 Å². The molecule has 1 unspecified atom stereocenters. The first kappa shape index (κ1) is 17.8. The molecule has 0 heterocycles. The minimum Gasteiger partial charge on any atom is -0.497 e. The summed E-state index contributed by atoms with van der Waals surface area (Å²) < 4.78 is 10.9. The highest BCUT2D eigenvalue weighted by molar-refractivity contribution is 5.42. The molecule has 1 N–H and O–H groups in total. The van der Waals surface area contributed by atoms with Crippen LogP contribution in [0.15, 0.2) is 18.2 Å². The van der Waals surface area contributed by atoms with E-state index in [1.807, 2.05) is 19.2 Å². The normalized spacial score (nSPS) is 12.8. The number of hydrogen-bond acceptors (Lipinski definition) is 4. The van der Waals surface area contributed by atoms with Crippen molar-refractivity contribution in [2.45, 2.75) is 38.8 Å². The number of ether oxygens (including phenoxy) is 2. The zero-order valence-corrected chi connectivity index (χ0v) is 14.3. The van der Waals surface area contributed by atoms with Gasteiger partial charge in [-0.25, -0.2) is 0 Å². The molecule has 21 heavy (non-hydrogen) atoms. The summed E-state index contributed by atoms with van der Waals surface area (Å²) in [4.78, 5) is 2.42. The Morgan fingerprint density at radius 3 is 2.29 bits per heavy atom. The van der Waals surface area contributed by atoms with Gasteiger partial charge in [-0.2, -0.15) is 0 Å². The van der Waals surface area contributed by atoms with Crippen molar-refractivity contribution in [3.8, 4) is 11.5 Å². The molecular formula is C17H30N2O2. The van der Waals surface area contributed by atoms with Crippen molar-refractivity contribution in [1.82, 2.24) is 10.2 Å². The number of likely N-dealkylation sites (N-methyl/N-ethyl adjacent to an activating group) is 2. The van der Waals surface area contributed by atoms with Crippen LogP contribution in [0.4, 0.5) is 0 Å². The highest BCUT2D eigenvalue weighted by Gasteiger charge is 2.20. The molecule has 0 aromatic heterocycles. The van der Waals surface area contributed by atoms with Crippen molar-refractivity contribution in [2.75, 3.05) is 34.9 Å². The predicted octanol–water partition coefficient (Wildman–Crippen LogP) is 3.08. The van der Waals surface area contributed by atoms with Crippen LogP contribution in [0.5, 0.6) is 11.5 Å². The number of nitrogens with one attached hydrogen (secondary N) is 1. The van der Waals surface area contributed by atoms with Gasteiger partial charge in [-0.3, -0.25) is 0 Å². The number of hydrogen-bond donors (Lipinski definition) is 1. The Kier molecular flexibility index (Phi) is 7.54. The second kappa shape index (κ2) is 8.90. The third-order valence-corrected chi connectivity index (χ3v) is 4.20. The SMILES string of the molecule is CCC(CC)N(C)CC(NC)c1cc(OC)ccc1OC. The minimum atomic E-state index is 0.209. The molecule has 0 fully saturated rings. The van der Waals surface area contributed by atoms with Crippen molar-refractivity contribution in [3.63, 3.8) is 0 Å². The Balaban J connectivity index is 2.98. The van der Waals surface area contributed by atoms with Crippen molar-refractivity contribution in [3.05, 3.63) is 23.8 Å². The first-order chi connectivity index (χ1) is 10.1. The topological polar surface area (TPSA) is 33.7 Å². The second-order valence-corrected chi connectivity index (χ2v) is 5.36. The second-order valence-electron chi connectivity index (χ2n) is 5.36. The van der Waals surface area contributed by atoms with Crippen molar-refractivity contribution in [1.29, 1.82) is 0 Å². The van der Waals surface area contributed by atoms with Gasteiger partial charge in [0, 0.05) is 24.2 Å². The molecule has 0 bridgehead atoms. The van der Waals surface area contributed by atoms with Crippen LogP contribution in [0.3, 0.4) is 0 Å². The van der Waals surface area contributed by atoms with Crippen molar-refractivity contribution in [2.24, 2.45) is 0 Å². The molecule has 1 aromatic carbocycles. The van der Waals surface area contributed by atoms with E-state index >= 15 is 0 Å². The van der Waals surface area contributed by atoms with Gasteiger partial charge >= 0.3 is 0 Å². The van der Waals surface area contributed by atoms with Crippen molar-refractivity contribution < 1.29 is 9.47 Å². The fraction of sp³-hybridized carbons (Fsp3) is 0.647. The largest absolute Gasteiger partial charge is 0.497 e. The van der Waals surface area contributed by atoms with E-state index in [2.05, 4.69) is 37.2 Å². The summed E-state index contributed by atoms with van der Waals surface area (Å²) in [6.07, 6.45) is 2.33. The Labute approximate surface area is 129 Å². The zero-order valence-electron chi connectivity index (χ0n) is 14.3. The highest BCUT2D eigenvalue weighted by Crippen LogP contribution is 2.30. The van der Waals surface area contributed by atoms with Gasteiger partial charge in [-0.05, 0) is 45.1 Å². The first-order valence-corrected chi connectivity index (χ1v) is 7.70. The fourth-order valence-corrected chi connectivity index (χ4v) is 2.81. The van der Waals surface area contributed by atoms with Gasteiger partial charge in [0.2, 0.25) is 0 Å². The minimum absolute atomic E-state index is 0.209. The molecule has 1 aromatic rings. The van der Waals surface area contributed by atoms with E-state index in [0.29, 0.717) is 6.04 Å². The number of nitrogens with zero attached hydrogens (tertiary/aromatic N) is 1. The summed E-state index contributed by atoms with van der Waals surface area (Å²) in [5.41, 5.74) is 1.14. The van der Waals surface area contributed by atoms with Crippen LogP contribution in [0.2, 0.25) is 0 Å². The van der Waals surface area contributed by atoms with Crippen LogP contribution in [-0.4, -0.2) is 45.8 Å². The summed E-state index contributed by atoms with van der Waals surface area (Å²) in [5.74, 6) is 1.75. The van der Waals surface area contributed by atoms with E-state index in [0.717, 1.165) is 23.6 Å². The molecule has 0 amide bonds. The number of methoxy groups -OCH3 is 2. The van der Waals surface area contributed by atoms with Gasteiger partial charge in [0.15, 0.2) is 0 Å². The lowest BCUT2D eigenvalue weighted by Crippen LogP contribution is -2.37. The standard InChI is InChI=1S/C17H30N2O2/c1-7-13(8-2)19(4)12-16(18-3)15-11-14(20-5)9-10-17(15)21-6/h9-11,13,16,18H,7-8,12H2,1-6H3.